The maximum absolute atomic E-state index is 13.0. The van der Waals surface area contributed by atoms with Crippen LogP contribution in [0.3, 0.4) is 0 Å². The number of aryl methyl sites for hydroxylation is 1. The lowest BCUT2D eigenvalue weighted by atomic mass is 10.2. The van der Waals surface area contributed by atoms with Crippen LogP contribution in [0.4, 0.5) is 23.1 Å². The smallest absolute Gasteiger partial charge is 0.267 e. The number of anilines is 4. The molecule has 4 N–H and O–H groups in total. The molecule has 0 aliphatic carbocycles. The van der Waals surface area contributed by atoms with Gasteiger partial charge in [-0.2, -0.15) is 4.98 Å². The summed E-state index contributed by atoms with van der Waals surface area (Å²) in [7, 11) is 3.14. The average Bonchev–Trinajstić information content (AvgIpc) is 3.73. The lowest BCUT2D eigenvalue weighted by Gasteiger charge is -2.37. The molecule has 1 fully saturated rings. The number of aromatic hydroxyl groups is 1. The number of amidine groups is 1. The summed E-state index contributed by atoms with van der Waals surface area (Å²) in [4.78, 5) is 32.6. The van der Waals surface area contributed by atoms with Gasteiger partial charge in [0.2, 0.25) is 12.1 Å². The first-order valence-electron chi connectivity index (χ1n) is 17.8. The molecule has 14 nitrogen and oxygen atoms in total. The Bertz CT molecular complexity index is 2140. The molecule has 1 atom stereocenters. The molecule has 3 aliphatic heterocycles. The molecule has 1 amide bonds. The van der Waals surface area contributed by atoms with Crippen molar-refractivity contribution >= 4 is 45.8 Å². The minimum Gasteiger partial charge on any atom is -0.508 e. The van der Waals surface area contributed by atoms with E-state index in [4.69, 9.17) is 24.7 Å². The zero-order valence-corrected chi connectivity index (χ0v) is 30.6. The van der Waals surface area contributed by atoms with Crippen LogP contribution in [0, 0.1) is 6.92 Å². The van der Waals surface area contributed by atoms with Crippen LogP contribution < -0.4 is 39.8 Å². The quantitative estimate of drug-likeness (QED) is 0.205. The number of carbonyl (C=O) groups excluding carboxylic acids is 1. The number of nitrogen functional groups attached to an aromatic ring is 1. The molecule has 5 aromatic rings. The Kier molecular flexibility index (Phi) is 10.7. The number of carbonyl (C=O) groups is 1. The van der Waals surface area contributed by atoms with Gasteiger partial charge in [-0.1, -0.05) is 35.9 Å². The van der Waals surface area contributed by atoms with Crippen molar-refractivity contribution < 1.29 is 28.8 Å². The van der Waals surface area contributed by atoms with Gasteiger partial charge in [0, 0.05) is 61.6 Å². The summed E-state index contributed by atoms with van der Waals surface area (Å²) < 4.78 is 22.3. The van der Waals surface area contributed by atoms with Gasteiger partial charge >= 0.3 is 0 Å². The third-order valence-electron chi connectivity index (χ3n) is 9.42. The third kappa shape index (κ3) is 7.97. The van der Waals surface area contributed by atoms with E-state index < -0.39 is 6.10 Å². The second-order valence-electron chi connectivity index (χ2n) is 13.0. The van der Waals surface area contributed by atoms with Crippen molar-refractivity contribution in [3.63, 3.8) is 0 Å². The molecule has 8 rings (SSSR count). The summed E-state index contributed by atoms with van der Waals surface area (Å²) in [6.07, 6.45) is -0.651. The minimum atomic E-state index is -0.651. The van der Waals surface area contributed by atoms with E-state index in [0.29, 0.717) is 78.4 Å². The molecule has 0 saturated carbocycles. The highest BCUT2D eigenvalue weighted by Crippen LogP contribution is 2.35. The van der Waals surface area contributed by atoms with Gasteiger partial charge < -0.3 is 49.8 Å². The second kappa shape index (κ2) is 16.1. The SMILES string of the molecule is COc1cc2nc(N3CCN(C(=O)C4COc5ccccc5O4)CC3)nc(N)c2cc1OC.Cc1ccc(N(CC2=NCCN2)c2cccc(O)c2)cc1. The number of aliphatic imine (C=N–C) groups is 1. The summed E-state index contributed by atoms with van der Waals surface area (Å²) in [5.41, 5.74) is 10.2. The minimum absolute atomic E-state index is 0.0834. The molecule has 54 heavy (non-hydrogen) atoms. The Labute approximate surface area is 313 Å². The molecule has 3 aliphatic rings. The van der Waals surface area contributed by atoms with Crippen LogP contribution in [0.1, 0.15) is 5.56 Å². The van der Waals surface area contributed by atoms with Crippen LogP contribution in [0.2, 0.25) is 0 Å². The van der Waals surface area contributed by atoms with Crippen LogP contribution in [0.15, 0.2) is 89.9 Å². The fourth-order valence-corrected chi connectivity index (χ4v) is 6.50. The number of para-hydroxylation sites is 2. The van der Waals surface area contributed by atoms with Gasteiger partial charge in [0.25, 0.3) is 5.91 Å². The highest BCUT2D eigenvalue weighted by molar-refractivity contribution is 5.92. The topological polar surface area (TPSA) is 160 Å². The number of phenolic OH excluding ortho intramolecular Hbond substituents is 1. The highest BCUT2D eigenvalue weighted by Gasteiger charge is 2.33. The normalized spacial score (nSPS) is 16.1. The highest BCUT2D eigenvalue weighted by atomic mass is 16.6. The van der Waals surface area contributed by atoms with E-state index in [2.05, 4.69) is 56.4 Å². The lowest BCUT2D eigenvalue weighted by molar-refractivity contribution is -0.141. The number of nitrogens with one attached hydrogen (secondary N) is 1. The molecule has 4 heterocycles. The van der Waals surface area contributed by atoms with Gasteiger partial charge in [-0.05, 0) is 49.4 Å². The molecule has 280 valence electrons. The number of hydrogen-bond acceptors (Lipinski definition) is 13. The first-order chi connectivity index (χ1) is 26.3. The first kappa shape index (κ1) is 35.9. The van der Waals surface area contributed by atoms with E-state index in [9.17, 15) is 9.90 Å². The van der Waals surface area contributed by atoms with Gasteiger partial charge in [0.05, 0.1) is 32.8 Å². The number of amides is 1. The zero-order chi connectivity index (χ0) is 37.6. The number of nitrogens with zero attached hydrogens (tertiary/aromatic N) is 6. The number of phenols is 1. The van der Waals surface area contributed by atoms with E-state index in [1.807, 2.05) is 35.2 Å². The van der Waals surface area contributed by atoms with Gasteiger partial charge in [0.1, 0.15) is 24.0 Å². The standard InChI is InChI=1S/C23H25N5O5.C17H19N3O/c1-30-18-11-14-15(12-19(18)31-2)25-23(26-21(14)24)28-9-7-27(8-10-28)22(29)20-13-32-16-5-3-4-6-17(16)33-20;1-13-5-7-14(8-6-13)20(12-17-18-9-10-19-17)15-3-2-4-16(21)11-15/h3-6,11-12,20H,7-10,13H2,1-2H3,(H2,24,25,26);2-8,11,21H,9-10,12H2,1H3,(H,18,19). The Morgan fingerprint density at radius 3 is 2.37 bits per heavy atom. The molecule has 14 heteroatoms. The average molecular weight is 733 g/mol. The summed E-state index contributed by atoms with van der Waals surface area (Å²) in [5, 5.41) is 13.7. The number of hydrogen-bond donors (Lipinski definition) is 3. The van der Waals surface area contributed by atoms with Gasteiger partial charge in [-0.15, -0.1) is 0 Å². The Hall–Kier alpha value is -6.44. The van der Waals surface area contributed by atoms with Crippen molar-refractivity contribution in [2.24, 2.45) is 4.99 Å². The fraction of sp³-hybridized carbons (Fsp3) is 0.300. The van der Waals surface area contributed by atoms with Crippen LogP contribution in [0.25, 0.3) is 10.9 Å². The molecule has 1 saturated heterocycles. The Morgan fingerprint density at radius 2 is 1.67 bits per heavy atom. The molecule has 1 aromatic heterocycles. The van der Waals surface area contributed by atoms with E-state index >= 15 is 0 Å². The second-order valence-corrected chi connectivity index (χ2v) is 13.0. The number of methoxy groups -OCH3 is 2. The molecular formula is C40H44N8O6. The summed E-state index contributed by atoms with van der Waals surface area (Å²) in [6.45, 7) is 6.88. The van der Waals surface area contributed by atoms with E-state index in [-0.39, 0.29) is 18.3 Å². The molecule has 0 spiro atoms. The van der Waals surface area contributed by atoms with Crippen LogP contribution in [-0.2, 0) is 4.79 Å². The summed E-state index contributed by atoms with van der Waals surface area (Å²) in [6, 6.07) is 26.6. The number of piperazine rings is 1. The van der Waals surface area contributed by atoms with Crippen LogP contribution >= 0.6 is 0 Å². The Balaban J connectivity index is 0.000000184. The number of ether oxygens (including phenoxy) is 4. The predicted octanol–water partition coefficient (Wildman–Crippen LogP) is 4.56. The monoisotopic (exact) mass is 732 g/mol. The Morgan fingerprint density at radius 1 is 0.926 bits per heavy atom. The maximum Gasteiger partial charge on any atom is 0.267 e. The van der Waals surface area contributed by atoms with E-state index in [1.165, 1.54) is 5.56 Å². The van der Waals surface area contributed by atoms with Crippen molar-refractivity contribution in [1.29, 1.82) is 0 Å². The number of nitrogens with two attached hydrogens (primary N) is 1. The summed E-state index contributed by atoms with van der Waals surface area (Å²) >= 11 is 0. The van der Waals surface area contributed by atoms with Gasteiger partial charge in [-0.3, -0.25) is 9.79 Å². The largest absolute Gasteiger partial charge is 0.508 e. The van der Waals surface area contributed by atoms with E-state index in [0.717, 1.165) is 30.3 Å². The number of rotatable bonds is 8. The van der Waals surface area contributed by atoms with Gasteiger partial charge in [0.15, 0.2) is 23.0 Å². The maximum atomic E-state index is 13.0. The number of benzene rings is 4. The van der Waals surface area contributed by atoms with E-state index in [1.54, 1.807) is 49.5 Å². The molecule has 1 unspecified atom stereocenters. The van der Waals surface area contributed by atoms with Crippen molar-refractivity contribution in [3.8, 4) is 28.7 Å². The van der Waals surface area contributed by atoms with Crippen LogP contribution in [-0.4, -0.2) is 104 Å². The number of aromatic nitrogens is 2. The van der Waals surface area contributed by atoms with Crippen LogP contribution in [0.5, 0.6) is 28.7 Å². The number of fused-ring (bicyclic) bond motifs is 2. The molecule has 4 aromatic carbocycles. The van der Waals surface area contributed by atoms with Crippen molar-refractivity contribution in [2.75, 3.05) is 82.2 Å². The predicted molar refractivity (Wildman–Crippen MR) is 209 cm³/mol. The molecular weight excluding hydrogens is 688 g/mol. The van der Waals surface area contributed by atoms with Crippen molar-refractivity contribution in [3.05, 3.63) is 90.5 Å². The summed E-state index contributed by atoms with van der Waals surface area (Å²) in [5.74, 6) is 4.44. The molecule has 0 bridgehead atoms. The van der Waals surface area contributed by atoms with Gasteiger partial charge in [-0.25, -0.2) is 4.98 Å². The van der Waals surface area contributed by atoms with Crippen molar-refractivity contribution in [2.45, 2.75) is 13.0 Å². The third-order valence-corrected chi connectivity index (χ3v) is 9.42. The first-order valence-corrected chi connectivity index (χ1v) is 17.8. The zero-order valence-electron chi connectivity index (χ0n) is 30.6. The molecule has 0 radical (unpaired) electrons. The van der Waals surface area contributed by atoms with Crippen molar-refractivity contribution in [1.82, 2.24) is 20.2 Å². The lowest BCUT2D eigenvalue weighted by Crippen LogP contribution is -2.54. The fourth-order valence-electron chi connectivity index (χ4n) is 6.50.